The number of phenols is 1. The normalized spacial score (nSPS) is 18.2. The minimum atomic E-state index is -1.04. The van der Waals surface area contributed by atoms with Crippen molar-refractivity contribution < 1.29 is 34.4 Å². The van der Waals surface area contributed by atoms with Crippen molar-refractivity contribution >= 4 is 18.1 Å². The van der Waals surface area contributed by atoms with Crippen molar-refractivity contribution in [2.45, 2.75) is 12.5 Å². The van der Waals surface area contributed by atoms with E-state index in [0.29, 0.717) is 49.7 Å². The molecule has 166 valence electrons. The van der Waals surface area contributed by atoms with Gasteiger partial charge in [0.15, 0.2) is 18.0 Å². The fraction of sp³-hybridized carbons (Fsp3) is 0.364. The summed E-state index contributed by atoms with van der Waals surface area (Å²) in [5, 5.41) is 32.1. The van der Waals surface area contributed by atoms with Crippen LogP contribution < -0.4 is 19.3 Å². The van der Waals surface area contributed by atoms with Gasteiger partial charge in [0.05, 0.1) is 12.1 Å². The first-order chi connectivity index (χ1) is 14.9. The third-order valence-corrected chi connectivity index (χ3v) is 5.18. The molecule has 9 heteroatoms. The van der Waals surface area contributed by atoms with Crippen LogP contribution in [0.2, 0.25) is 0 Å². The van der Waals surface area contributed by atoms with Gasteiger partial charge in [0.2, 0.25) is 0 Å². The number of aliphatic carboxylic acids is 1. The largest absolute Gasteiger partial charge is 0.504 e. The van der Waals surface area contributed by atoms with Crippen LogP contribution in [0.25, 0.3) is 0 Å². The number of carboxylic acids is 1. The van der Waals surface area contributed by atoms with E-state index in [9.17, 15) is 24.9 Å². The number of amides is 1. The zero-order chi connectivity index (χ0) is 22.3. The van der Waals surface area contributed by atoms with Gasteiger partial charge in [-0.3, -0.25) is 0 Å². The molecule has 2 unspecified atom stereocenters. The lowest BCUT2D eigenvalue weighted by molar-refractivity contribution is -0.140. The van der Waals surface area contributed by atoms with E-state index in [2.05, 4.69) is 5.32 Å². The molecule has 1 aliphatic heterocycles. The summed E-state index contributed by atoms with van der Waals surface area (Å²) in [5.41, 5.74) is 1.43. The minimum Gasteiger partial charge on any atom is -0.504 e. The third-order valence-electron chi connectivity index (χ3n) is 5.18. The fourth-order valence-corrected chi connectivity index (χ4v) is 3.67. The van der Waals surface area contributed by atoms with Crippen LogP contribution in [0.5, 0.6) is 17.2 Å². The first kappa shape index (κ1) is 22.5. The minimum absolute atomic E-state index is 0.0454. The maximum absolute atomic E-state index is 11.7. The number of aromatic hydroxyl groups is 1. The van der Waals surface area contributed by atoms with E-state index in [0.717, 1.165) is 5.56 Å². The smallest absolute Gasteiger partial charge is 0.360 e. The number of hydrogen-bond acceptors (Lipinski definition) is 7. The number of nitrogens with zero attached hydrogens (tertiary/aromatic N) is 1. The van der Waals surface area contributed by atoms with E-state index in [4.69, 9.17) is 9.47 Å². The Hall–Kier alpha value is -3.14. The van der Waals surface area contributed by atoms with E-state index in [1.165, 1.54) is 0 Å². The highest BCUT2D eigenvalue weighted by Gasteiger charge is 2.42. The summed E-state index contributed by atoms with van der Waals surface area (Å²) in [6.07, 6.45) is 0.418. The van der Waals surface area contributed by atoms with Crippen LogP contribution in [-0.2, 0) is 16.0 Å². The van der Waals surface area contributed by atoms with Crippen molar-refractivity contribution in [3.8, 4) is 17.2 Å². The summed E-state index contributed by atoms with van der Waals surface area (Å²) in [7, 11) is 0. The van der Waals surface area contributed by atoms with Crippen molar-refractivity contribution in [3.63, 3.8) is 0 Å². The molecule has 4 N–H and O–H groups in total. The molecule has 31 heavy (non-hydrogen) atoms. The van der Waals surface area contributed by atoms with Crippen molar-refractivity contribution in [1.29, 1.82) is 0 Å². The summed E-state index contributed by atoms with van der Waals surface area (Å²) in [4.78, 5) is 22.9. The highest BCUT2D eigenvalue weighted by molar-refractivity contribution is 5.83. The van der Waals surface area contributed by atoms with Crippen LogP contribution in [-0.4, -0.2) is 73.2 Å². The van der Waals surface area contributed by atoms with Gasteiger partial charge < -0.3 is 30.1 Å². The Morgan fingerprint density at radius 2 is 1.94 bits per heavy atom. The van der Waals surface area contributed by atoms with Crippen LogP contribution in [0.15, 0.2) is 42.5 Å². The highest BCUT2D eigenvalue weighted by atomic mass is 16.5. The van der Waals surface area contributed by atoms with Crippen LogP contribution >= 0.6 is 0 Å². The number of ether oxygens (including phenoxy) is 2. The van der Waals surface area contributed by atoms with Crippen molar-refractivity contribution in [3.05, 3.63) is 48.0 Å². The van der Waals surface area contributed by atoms with Gasteiger partial charge in [-0.2, -0.15) is 0 Å². The number of aliphatic hydroxyl groups is 1. The quantitative estimate of drug-likeness (QED) is 0.222. The molecular weight excluding hydrogens is 404 g/mol. The Bertz CT molecular complexity index is 920. The number of rotatable bonds is 12. The lowest BCUT2D eigenvalue weighted by atomic mass is 10.1. The predicted octanol–water partition coefficient (Wildman–Crippen LogP) is 0.905. The predicted molar refractivity (Wildman–Crippen MR) is 113 cm³/mol. The molecule has 2 aromatic carbocycles. The molecule has 1 aliphatic rings. The first-order valence-corrected chi connectivity index (χ1v) is 10.0. The molecule has 0 fully saturated rings. The topological polar surface area (TPSA) is 125 Å². The number of hydrogen-bond donors (Lipinski definition) is 4. The van der Waals surface area contributed by atoms with E-state index in [-0.39, 0.29) is 29.9 Å². The van der Waals surface area contributed by atoms with Gasteiger partial charge >= 0.3 is 12.4 Å². The van der Waals surface area contributed by atoms with Crippen molar-refractivity contribution in [2.75, 3.05) is 39.4 Å². The molecule has 0 aromatic heterocycles. The lowest BCUT2D eigenvalue weighted by Crippen LogP contribution is -2.49. The zero-order valence-corrected chi connectivity index (χ0v) is 17.1. The molecule has 0 saturated carbocycles. The molecule has 1 amide bonds. The second-order valence-corrected chi connectivity index (χ2v) is 7.40. The van der Waals surface area contributed by atoms with E-state index >= 15 is 0 Å². The number of aliphatic hydroxyl groups excluding tert-OH is 1. The average molecular weight is 431 g/mol. The Balaban J connectivity index is 1.46. The molecule has 0 bridgehead atoms. The second kappa shape index (κ2) is 10.3. The highest BCUT2D eigenvalue weighted by Crippen LogP contribution is 2.39. The van der Waals surface area contributed by atoms with E-state index in [1.54, 1.807) is 42.5 Å². The van der Waals surface area contributed by atoms with Crippen LogP contribution in [0.1, 0.15) is 5.56 Å². The van der Waals surface area contributed by atoms with Crippen molar-refractivity contribution in [1.82, 2.24) is 9.80 Å². The molecule has 3 rings (SSSR count). The molecule has 0 aliphatic carbocycles. The van der Waals surface area contributed by atoms with Crippen LogP contribution in [0.4, 0.5) is 5.69 Å². The Labute approximate surface area is 180 Å². The Morgan fingerprint density at radius 3 is 2.68 bits per heavy atom. The summed E-state index contributed by atoms with van der Waals surface area (Å²) < 4.78 is 11.0. The number of quaternary nitrogens is 1. The van der Waals surface area contributed by atoms with Gasteiger partial charge in [-0.25, -0.2) is 14.1 Å². The fourth-order valence-electron chi connectivity index (χ4n) is 3.67. The summed E-state index contributed by atoms with van der Waals surface area (Å²) >= 11 is 0. The molecule has 9 nitrogen and oxygen atoms in total. The first-order valence-electron chi connectivity index (χ1n) is 10.0. The molecule has 0 spiro atoms. The number of fused-ring (bicyclic) bond motifs is 1. The van der Waals surface area contributed by atoms with Crippen LogP contribution in [0, 0.1) is 0 Å². The second-order valence-electron chi connectivity index (χ2n) is 7.40. The SMILES string of the molecule is O=C[N+]1(CC(=O)O)CCc2c(OCC(O)CNCCOc3ccccc3O)cccc21. The van der Waals surface area contributed by atoms with Gasteiger partial charge in [0, 0.05) is 25.6 Å². The van der Waals surface area contributed by atoms with Crippen LogP contribution in [0.3, 0.4) is 0 Å². The average Bonchev–Trinajstić information content (AvgIpc) is 3.12. The van der Waals surface area contributed by atoms with E-state index in [1.807, 2.05) is 0 Å². The summed E-state index contributed by atoms with van der Waals surface area (Å²) in [5.74, 6) is -0.0170. The Morgan fingerprint density at radius 1 is 1.16 bits per heavy atom. The molecule has 0 saturated heterocycles. The number of carbonyl (C=O) groups is 2. The summed E-state index contributed by atoms with van der Waals surface area (Å²) in [6, 6.07) is 11.9. The molecule has 2 atom stereocenters. The number of carboxylic acid groups (broad SMARTS) is 1. The molecule has 1 heterocycles. The number of carbonyl (C=O) groups excluding carboxylic acids is 1. The number of phenolic OH excluding ortho intramolecular Hbond substituents is 1. The van der Waals surface area contributed by atoms with Gasteiger partial charge in [-0.15, -0.1) is 0 Å². The van der Waals surface area contributed by atoms with E-state index < -0.39 is 12.1 Å². The maximum Gasteiger partial charge on any atom is 0.360 e. The van der Waals surface area contributed by atoms with Gasteiger partial charge in [-0.05, 0) is 18.2 Å². The zero-order valence-electron chi connectivity index (χ0n) is 17.1. The Kier molecular flexibility index (Phi) is 7.45. The lowest BCUT2D eigenvalue weighted by Gasteiger charge is -2.25. The molecular formula is C22H27N2O7+. The molecule has 2 aromatic rings. The summed E-state index contributed by atoms with van der Waals surface area (Å²) in [6.45, 7) is 1.19. The standard InChI is InChI=1S/C22H26N2O7/c25-15-24(13-22(28)29)10-8-17-18(24)4-3-7-20(17)31-14-16(26)12-23-9-11-30-21-6-2-1-5-19(21)27/h1-7,15-16,23,26H,8-14H2,(H-,27,28,29)/p+1. The van der Waals surface area contributed by atoms with Gasteiger partial charge in [0.1, 0.15) is 30.8 Å². The third kappa shape index (κ3) is 5.52. The monoisotopic (exact) mass is 431 g/mol. The number of benzene rings is 2. The number of para-hydroxylation sites is 2. The maximum atomic E-state index is 11.7. The number of nitrogens with one attached hydrogen (secondary N) is 1. The van der Waals surface area contributed by atoms with Gasteiger partial charge in [-0.1, -0.05) is 18.2 Å². The van der Waals surface area contributed by atoms with Crippen molar-refractivity contribution in [2.24, 2.45) is 0 Å². The molecule has 0 radical (unpaired) electrons. The van der Waals surface area contributed by atoms with Gasteiger partial charge in [0.25, 0.3) is 0 Å².